The summed E-state index contributed by atoms with van der Waals surface area (Å²) in [5.41, 5.74) is 1.02. The second kappa shape index (κ2) is 7.76. The van der Waals surface area contributed by atoms with E-state index in [9.17, 15) is 9.59 Å². The van der Waals surface area contributed by atoms with Crippen molar-refractivity contribution >= 4 is 17.5 Å². The number of rotatable bonds is 7. The summed E-state index contributed by atoms with van der Waals surface area (Å²) in [6.07, 6.45) is 8.49. The van der Waals surface area contributed by atoms with Gasteiger partial charge in [0.2, 0.25) is 11.8 Å². The monoisotopic (exact) mass is 384 g/mol. The van der Waals surface area contributed by atoms with E-state index in [-0.39, 0.29) is 30.7 Å². The molecule has 4 saturated carbocycles. The topological polar surface area (TPSA) is 67.4 Å². The normalized spacial score (nSPS) is 31.3. The van der Waals surface area contributed by atoms with Crippen LogP contribution in [-0.4, -0.2) is 25.0 Å². The average Bonchev–Trinajstić information content (AvgIpc) is 2.66. The number of benzene rings is 1. The van der Waals surface area contributed by atoms with Crippen molar-refractivity contribution in [2.24, 2.45) is 23.2 Å². The van der Waals surface area contributed by atoms with E-state index < -0.39 is 0 Å². The molecule has 4 aliphatic carbocycles. The minimum Gasteiger partial charge on any atom is -0.497 e. The van der Waals surface area contributed by atoms with Crippen molar-refractivity contribution in [1.82, 2.24) is 5.32 Å². The lowest BCUT2D eigenvalue weighted by Gasteiger charge is -2.59. The lowest BCUT2D eigenvalue weighted by Crippen LogP contribution is -2.55. The number of hydrogen-bond donors (Lipinski definition) is 2. The van der Waals surface area contributed by atoms with Crippen LogP contribution in [0.15, 0.2) is 24.3 Å². The molecule has 28 heavy (non-hydrogen) atoms. The van der Waals surface area contributed by atoms with Crippen LogP contribution in [0.1, 0.15) is 58.3 Å². The number of anilines is 1. The first-order valence-electron chi connectivity index (χ1n) is 10.7. The third-order valence-electron chi connectivity index (χ3n) is 7.33. The lowest BCUT2D eigenvalue weighted by atomic mass is 9.48. The van der Waals surface area contributed by atoms with Crippen LogP contribution in [0.5, 0.6) is 5.75 Å². The molecule has 5 rings (SSSR count). The van der Waals surface area contributed by atoms with Gasteiger partial charge in [0.1, 0.15) is 5.75 Å². The zero-order valence-electron chi connectivity index (χ0n) is 17.0. The summed E-state index contributed by atoms with van der Waals surface area (Å²) < 4.78 is 5.11. The number of nitrogens with one attached hydrogen (secondary N) is 2. The highest BCUT2D eigenvalue weighted by Gasteiger charge is 2.53. The van der Waals surface area contributed by atoms with E-state index in [0.29, 0.717) is 11.1 Å². The number of ether oxygens (including phenoxy) is 1. The summed E-state index contributed by atoms with van der Waals surface area (Å²) in [4.78, 5) is 24.6. The molecule has 2 N–H and O–H groups in total. The molecule has 0 radical (unpaired) electrons. The molecule has 4 bridgehead atoms. The fourth-order valence-electron chi connectivity index (χ4n) is 6.30. The summed E-state index contributed by atoms with van der Waals surface area (Å²) in [5, 5.41) is 6.07. The van der Waals surface area contributed by atoms with Crippen molar-refractivity contribution in [3.05, 3.63) is 24.3 Å². The zero-order chi connectivity index (χ0) is 19.7. The van der Waals surface area contributed by atoms with Gasteiger partial charge in [0.15, 0.2) is 0 Å². The average molecular weight is 385 g/mol. The minimum atomic E-state index is -0.136. The molecular formula is C23H32N2O3. The molecular weight excluding hydrogens is 352 g/mol. The Hall–Kier alpha value is -2.04. The second-order valence-electron chi connectivity index (χ2n) is 9.35. The fourth-order valence-corrected chi connectivity index (χ4v) is 6.30. The zero-order valence-corrected chi connectivity index (χ0v) is 17.0. The van der Waals surface area contributed by atoms with Gasteiger partial charge < -0.3 is 15.4 Å². The van der Waals surface area contributed by atoms with E-state index in [1.807, 2.05) is 0 Å². The van der Waals surface area contributed by atoms with Crippen molar-refractivity contribution in [2.45, 2.75) is 64.3 Å². The fraction of sp³-hybridized carbons (Fsp3) is 0.652. The number of hydrogen-bond acceptors (Lipinski definition) is 3. The highest BCUT2D eigenvalue weighted by Crippen LogP contribution is 2.61. The molecule has 152 valence electrons. The molecule has 4 aliphatic rings. The quantitative estimate of drug-likeness (QED) is 0.743. The first kappa shape index (κ1) is 19.3. The van der Waals surface area contributed by atoms with Crippen LogP contribution in [0, 0.1) is 23.2 Å². The van der Waals surface area contributed by atoms with Crippen molar-refractivity contribution in [1.29, 1.82) is 0 Å². The summed E-state index contributed by atoms with van der Waals surface area (Å²) in [6.45, 7) is 2.18. The largest absolute Gasteiger partial charge is 0.497 e. The third-order valence-corrected chi connectivity index (χ3v) is 7.33. The van der Waals surface area contributed by atoms with Gasteiger partial charge in [0.25, 0.3) is 0 Å². The Kier molecular flexibility index (Phi) is 5.35. The standard InChI is InChI=1S/C23H32N2O3/c1-15(23-12-16-9-17(13-23)11-18(10-16)14-23)24-21(26)7-8-22(27)25-19-3-5-20(28-2)6-4-19/h3-6,15-18H,7-14H2,1-2H3,(H,24,26)(H,25,27)/t15-,16?,17?,18?,23?/m0/s1. The van der Waals surface area contributed by atoms with Crippen LogP contribution in [-0.2, 0) is 9.59 Å². The van der Waals surface area contributed by atoms with Crippen LogP contribution < -0.4 is 15.4 Å². The molecule has 5 nitrogen and oxygen atoms in total. The molecule has 0 heterocycles. The Morgan fingerprint density at radius 1 is 1.00 bits per heavy atom. The Bertz CT molecular complexity index is 693. The first-order valence-corrected chi connectivity index (χ1v) is 10.7. The van der Waals surface area contributed by atoms with Crippen molar-refractivity contribution in [3.8, 4) is 5.75 Å². The van der Waals surface area contributed by atoms with Crippen LogP contribution in [0.2, 0.25) is 0 Å². The predicted octanol–water partition coefficient (Wildman–Crippen LogP) is 4.14. The summed E-state index contributed by atoms with van der Waals surface area (Å²) in [6, 6.07) is 7.40. The molecule has 1 aromatic rings. The molecule has 0 aromatic heterocycles. The maximum Gasteiger partial charge on any atom is 0.224 e. The van der Waals surface area contributed by atoms with Gasteiger partial charge in [-0.1, -0.05) is 0 Å². The van der Waals surface area contributed by atoms with Gasteiger partial charge in [-0.15, -0.1) is 0 Å². The highest BCUT2D eigenvalue weighted by molar-refractivity contribution is 5.93. The van der Waals surface area contributed by atoms with Crippen LogP contribution in [0.25, 0.3) is 0 Å². The molecule has 0 unspecified atom stereocenters. The Labute approximate surface area is 167 Å². The Morgan fingerprint density at radius 2 is 1.54 bits per heavy atom. The van der Waals surface area contributed by atoms with Crippen LogP contribution in [0.3, 0.4) is 0 Å². The molecule has 4 fully saturated rings. The van der Waals surface area contributed by atoms with Gasteiger partial charge in [-0.25, -0.2) is 0 Å². The van der Waals surface area contributed by atoms with E-state index in [0.717, 1.165) is 23.5 Å². The van der Waals surface area contributed by atoms with E-state index in [1.54, 1.807) is 31.4 Å². The van der Waals surface area contributed by atoms with Gasteiger partial charge in [-0.05, 0) is 92.9 Å². The molecule has 1 aromatic carbocycles. The van der Waals surface area contributed by atoms with Crippen LogP contribution >= 0.6 is 0 Å². The highest BCUT2D eigenvalue weighted by atomic mass is 16.5. The number of methoxy groups -OCH3 is 1. The number of carbonyl (C=O) groups excluding carboxylic acids is 2. The second-order valence-corrected chi connectivity index (χ2v) is 9.35. The molecule has 0 saturated heterocycles. The van der Waals surface area contributed by atoms with Crippen molar-refractivity contribution in [3.63, 3.8) is 0 Å². The third kappa shape index (κ3) is 4.03. The number of carbonyl (C=O) groups is 2. The molecule has 1 atom stereocenters. The maximum absolute atomic E-state index is 12.5. The van der Waals surface area contributed by atoms with Gasteiger partial charge >= 0.3 is 0 Å². The van der Waals surface area contributed by atoms with E-state index in [2.05, 4.69) is 17.6 Å². The first-order chi connectivity index (χ1) is 13.5. The number of amides is 2. The van der Waals surface area contributed by atoms with Gasteiger partial charge in [-0.2, -0.15) is 0 Å². The smallest absolute Gasteiger partial charge is 0.224 e. The Balaban J connectivity index is 1.24. The van der Waals surface area contributed by atoms with E-state index in [4.69, 9.17) is 4.74 Å². The van der Waals surface area contributed by atoms with Crippen molar-refractivity contribution < 1.29 is 14.3 Å². The minimum absolute atomic E-state index is 0.00636. The van der Waals surface area contributed by atoms with Gasteiger partial charge in [-0.3, -0.25) is 9.59 Å². The van der Waals surface area contributed by atoms with E-state index in [1.165, 1.54) is 38.5 Å². The summed E-state index contributed by atoms with van der Waals surface area (Å²) in [5.74, 6) is 3.23. The molecule has 0 aliphatic heterocycles. The summed E-state index contributed by atoms with van der Waals surface area (Å²) in [7, 11) is 1.61. The van der Waals surface area contributed by atoms with Gasteiger partial charge in [0.05, 0.1) is 7.11 Å². The Morgan fingerprint density at radius 3 is 2.07 bits per heavy atom. The maximum atomic E-state index is 12.5. The molecule has 2 amide bonds. The summed E-state index contributed by atoms with van der Waals surface area (Å²) >= 11 is 0. The van der Waals surface area contributed by atoms with Crippen LogP contribution in [0.4, 0.5) is 5.69 Å². The lowest BCUT2D eigenvalue weighted by molar-refractivity contribution is -0.128. The van der Waals surface area contributed by atoms with E-state index >= 15 is 0 Å². The predicted molar refractivity (Wildman–Crippen MR) is 109 cm³/mol. The SMILES string of the molecule is COc1ccc(NC(=O)CCC(=O)N[C@@H](C)C23CC4CC(CC(C4)C2)C3)cc1. The van der Waals surface area contributed by atoms with Crippen molar-refractivity contribution in [2.75, 3.05) is 12.4 Å². The molecule has 0 spiro atoms. The molecule has 5 heteroatoms. The van der Waals surface area contributed by atoms with Gasteiger partial charge in [0, 0.05) is 24.6 Å².